The molecule has 0 amide bonds. The molecular formula is C15H16N2O5. The van der Waals surface area contributed by atoms with Crippen LogP contribution in [0.5, 0.6) is 17.5 Å². The minimum atomic E-state index is -1.06. The van der Waals surface area contributed by atoms with Crippen molar-refractivity contribution in [3.05, 3.63) is 30.1 Å². The summed E-state index contributed by atoms with van der Waals surface area (Å²) in [7, 11) is 2.92. The first-order chi connectivity index (χ1) is 10.6. The SMILES string of the molecule is CCOc1c(OC)cc(C(=O)O)cc1-c1cnc(OC)nc1. The molecule has 0 radical (unpaired) electrons. The lowest BCUT2D eigenvalue weighted by Gasteiger charge is -2.15. The molecule has 1 aromatic carbocycles. The van der Waals surface area contributed by atoms with Crippen LogP contribution in [0.3, 0.4) is 0 Å². The van der Waals surface area contributed by atoms with Crippen LogP contribution in [-0.4, -0.2) is 41.9 Å². The summed E-state index contributed by atoms with van der Waals surface area (Å²) in [5.41, 5.74) is 1.23. The zero-order valence-corrected chi connectivity index (χ0v) is 12.5. The van der Waals surface area contributed by atoms with Gasteiger partial charge in [-0.1, -0.05) is 0 Å². The molecule has 0 spiro atoms. The standard InChI is InChI=1S/C15H16N2O5/c1-4-22-13-11(10-7-16-15(21-3)17-8-10)5-9(14(18)19)6-12(13)20-2/h5-8H,4H2,1-3H3,(H,18,19). The summed E-state index contributed by atoms with van der Waals surface area (Å²) in [6.45, 7) is 2.24. The Hall–Kier alpha value is -2.83. The highest BCUT2D eigenvalue weighted by atomic mass is 16.5. The number of hydrogen-bond donors (Lipinski definition) is 1. The van der Waals surface area contributed by atoms with Gasteiger partial charge in [0.05, 0.1) is 26.4 Å². The molecule has 1 heterocycles. The number of benzene rings is 1. The molecule has 0 aliphatic heterocycles. The van der Waals surface area contributed by atoms with Crippen molar-refractivity contribution in [2.75, 3.05) is 20.8 Å². The molecule has 0 aliphatic rings. The lowest BCUT2D eigenvalue weighted by Crippen LogP contribution is -2.03. The average Bonchev–Trinajstić information content (AvgIpc) is 2.55. The monoisotopic (exact) mass is 304 g/mol. The molecule has 0 fully saturated rings. The Morgan fingerprint density at radius 2 is 1.86 bits per heavy atom. The number of methoxy groups -OCH3 is 2. The van der Waals surface area contributed by atoms with E-state index in [0.717, 1.165) is 0 Å². The molecule has 1 aromatic heterocycles. The predicted octanol–water partition coefficient (Wildman–Crippen LogP) is 2.26. The fraction of sp³-hybridized carbons (Fsp3) is 0.267. The van der Waals surface area contributed by atoms with E-state index in [0.29, 0.717) is 29.2 Å². The highest BCUT2D eigenvalue weighted by Gasteiger charge is 2.18. The van der Waals surface area contributed by atoms with Gasteiger partial charge in [-0.2, -0.15) is 0 Å². The Labute approximate surface area is 127 Å². The van der Waals surface area contributed by atoms with Crippen molar-refractivity contribution in [1.29, 1.82) is 0 Å². The number of ether oxygens (including phenoxy) is 3. The van der Waals surface area contributed by atoms with Crippen molar-refractivity contribution in [3.8, 4) is 28.6 Å². The summed E-state index contributed by atoms with van der Waals surface area (Å²) < 4.78 is 15.8. The van der Waals surface area contributed by atoms with Crippen LogP contribution in [0, 0.1) is 0 Å². The number of aromatic nitrogens is 2. The average molecular weight is 304 g/mol. The van der Waals surface area contributed by atoms with E-state index < -0.39 is 5.97 Å². The van der Waals surface area contributed by atoms with Gasteiger partial charge in [0, 0.05) is 23.5 Å². The minimum absolute atomic E-state index is 0.0890. The zero-order valence-electron chi connectivity index (χ0n) is 12.5. The number of nitrogens with zero attached hydrogens (tertiary/aromatic N) is 2. The Morgan fingerprint density at radius 3 is 2.36 bits per heavy atom. The Kier molecular flexibility index (Phi) is 4.77. The van der Waals surface area contributed by atoms with Crippen LogP contribution in [-0.2, 0) is 0 Å². The third kappa shape index (κ3) is 3.08. The van der Waals surface area contributed by atoms with Crippen molar-refractivity contribution >= 4 is 5.97 Å². The normalized spacial score (nSPS) is 10.1. The topological polar surface area (TPSA) is 90.8 Å². The van der Waals surface area contributed by atoms with Gasteiger partial charge < -0.3 is 19.3 Å². The quantitative estimate of drug-likeness (QED) is 0.875. The number of carboxylic acids is 1. The molecule has 116 valence electrons. The van der Waals surface area contributed by atoms with Gasteiger partial charge >= 0.3 is 12.0 Å². The van der Waals surface area contributed by atoms with Gasteiger partial charge in [-0.05, 0) is 19.1 Å². The summed E-state index contributed by atoms with van der Waals surface area (Å²) in [5, 5.41) is 9.23. The summed E-state index contributed by atoms with van der Waals surface area (Å²) in [6, 6.07) is 3.14. The van der Waals surface area contributed by atoms with Crippen molar-refractivity contribution < 1.29 is 24.1 Å². The molecule has 22 heavy (non-hydrogen) atoms. The maximum absolute atomic E-state index is 11.3. The van der Waals surface area contributed by atoms with E-state index in [4.69, 9.17) is 14.2 Å². The first-order valence-corrected chi connectivity index (χ1v) is 6.55. The molecule has 2 rings (SSSR count). The molecule has 7 nitrogen and oxygen atoms in total. The van der Waals surface area contributed by atoms with E-state index in [9.17, 15) is 9.90 Å². The van der Waals surface area contributed by atoms with Crippen LogP contribution < -0.4 is 14.2 Å². The van der Waals surface area contributed by atoms with E-state index >= 15 is 0 Å². The van der Waals surface area contributed by atoms with Gasteiger partial charge in [-0.25, -0.2) is 14.8 Å². The first-order valence-electron chi connectivity index (χ1n) is 6.55. The molecular weight excluding hydrogens is 288 g/mol. The lowest BCUT2D eigenvalue weighted by molar-refractivity contribution is 0.0696. The summed E-state index contributed by atoms with van der Waals surface area (Å²) in [6.07, 6.45) is 3.07. The van der Waals surface area contributed by atoms with E-state index in [1.807, 2.05) is 6.92 Å². The van der Waals surface area contributed by atoms with E-state index in [2.05, 4.69) is 9.97 Å². The molecule has 0 atom stereocenters. The van der Waals surface area contributed by atoms with Crippen LogP contribution >= 0.6 is 0 Å². The van der Waals surface area contributed by atoms with Crippen LogP contribution in [0.2, 0.25) is 0 Å². The van der Waals surface area contributed by atoms with Crippen molar-refractivity contribution in [3.63, 3.8) is 0 Å². The van der Waals surface area contributed by atoms with Gasteiger partial charge in [0.2, 0.25) is 0 Å². The number of rotatable bonds is 6. The van der Waals surface area contributed by atoms with Crippen molar-refractivity contribution in [1.82, 2.24) is 9.97 Å². The third-order valence-corrected chi connectivity index (χ3v) is 2.93. The molecule has 1 N–H and O–H groups in total. The molecule has 2 aromatic rings. The number of aromatic carboxylic acids is 1. The second kappa shape index (κ2) is 6.75. The van der Waals surface area contributed by atoms with Crippen LogP contribution in [0.4, 0.5) is 0 Å². The van der Waals surface area contributed by atoms with Gasteiger partial charge in [-0.15, -0.1) is 0 Å². The lowest BCUT2D eigenvalue weighted by atomic mass is 10.0. The summed E-state index contributed by atoms with van der Waals surface area (Å²) in [5.74, 6) is -0.270. The van der Waals surface area contributed by atoms with Gasteiger partial charge in [-0.3, -0.25) is 0 Å². The highest BCUT2D eigenvalue weighted by Crippen LogP contribution is 2.39. The second-order valence-electron chi connectivity index (χ2n) is 4.25. The second-order valence-corrected chi connectivity index (χ2v) is 4.25. The smallest absolute Gasteiger partial charge is 0.335 e. The molecule has 0 aliphatic carbocycles. The molecule has 7 heteroatoms. The predicted molar refractivity (Wildman–Crippen MR) is 78.7 cm³/mol. The van der Waals surface area contributed by atoms with E-state index in [1.165, 1.54) is 38.7 Å². The highest BCUT2D eigenvalue weighted by molar-refractivity contribution is 5.91. The first kappa shape index (κ1) is 15.6. The summed E-state index contributed by atoms with van der Waals surface area (Å²) in [4.78, 5) is 19.3. The maximum Gasteiger partial charge on any atom is 0.335 e. The maximum atomic E-state index is 11.3. The van der Waals surface area contributed by atoms with Crippen LogP contribution in [0.15, 0.2) is 24.5 Å². The Balaban J connectivity index is 2.63. The van der Waals surface area contributed by atoms with Gasteiger partial charge in [0.15, 0.2) is 11.5 Å². The number of hydrogen-bond acceptors (Lipinski definition) is 6. The van der Waals surface area contributed by atoms with Crippen LogP contribution in [0.25, 0.3) is 11.1 Å². The fourth-order valence-corrected chi connectivity index (χ4v) is 1.95. The zero-order chi connectivity index (χ0) is 16.1. The van der Waals surface area contributed by atoms with Crippen molar-refractivity contribution in [2.24, 2.45) is 0 Å². The number of carbonyl (C=O) groups is 1. The molecule has 0 saturated heterocycles. The Morgan fingerprint density at radius 1 is 1.18 bits per heavy atom. The van der Waals surface area contributed by atoms with Gasteiger partial charge in [0.25, 0.3) is 0 Å². The Bertz CT molecular complexity index is 670. The molecule has 0 unspecified atom stereocenters. The largest absolute Gasteiger partial charge is 0.493 e. The number of carboxylic acid groups (broad SMARTS) is 1. The van der Waals surface area contributed by atoms with Crippen molar-refractivity contribution in [2.45, 2.75) is 6.92 Å². The van der Waals surface area contributed by atoms with Gasteiger partial charge in [0.1, 0.15) is 0 Å². The van der Waals surface area contributed by atoms with E-state index in [-0.39, 0.29) is 11.6 Å². The summed E-state index contributed by atoms with van der Waals surface area (Å²) >= 11 is 0. The van der Waals surface area contributed by atoms with Crippen LogP contribution in [0.1, 0.15) is 17.3 Å². The molecule has 0 bridgehead atoms. The van der Waals surface area contributed by atoms with E-state index in [1.54, 1.807) is 0 Å². The third-order valence-electron chi connectivity index (χ3n) is 2.93. The minimum Gasteiger partial charge on any atom is -0.493 e. The molecule has 0 saturated carbocycles. The fourth-order valence-electron chi connectivity index (χ4n) is 1.95.